The maximum atomic E-state index is 15.9. The summed E-state index contributed by atoms with van der Waals surface area (Å²) in [6.45, 7) is 5.44. The summed E-state index contributed by atoms with van der Waals surface area (Å²) in [4.78, 5) is 11.3. The number of pyridine rings is 1. The molecule has 162 valence electrons. The van der Waals surface area contributed by atoms with Crippen LogP contribution in [0, 0.1) is 19.7 Å². The van der Waals surface area contributed by atoms with Gasteiger partial charge in [0.1, 0.15) is 5.82 Å². The van der Waals surface area contributed by atoms with E-state index in [-0.39, 0.29) is 22.6 Å². The van der Waals surface area contributed by atoms with Crippen LogP contribution in [0.2, 0.25) is 0 Å². The molecule has 2 N–H and O–H groups in total. The van der Waals surface area contributed by atoms with Gasteiger partial charge in [0.05, 0.1) is 23.3 Å². The molecule has 0 saturated heterocycles. The molecule has 0 fully saturated rings. The first-order valence-corrected chi connectivity index (χ1v) is 11.5. The van der Waals surface area contributed by atoms with Crippen LogP contribution in [0.25, 0.3) is 33.4 Å². The number of aromatic amines is 1. The first kappa shape index (κ1) is 21.0. The molecule has 10 heteroatoms. The van der Waals surface area contributed by atoms with Crippen LogP contribution in [-0.2, 0) is 17.1 Å². The van der Waals surface area contributed by atoms with Gasteiger partial charge in [-0.1, -0.05) is 6.92 Å². The lowest BCUT2D eigenvalue weighted by molar-refractivity contribution is 0.599. The van der Waals surface area contributed by atoms with Gasteiger partial charge in [0, 0.05) is 46.9 Å². The van der Waals surface area contributed by atoms with Gasteiger partial charge in [-0.05, 0) is 38.5 Å². The smallest absolute Gasteiger partial charge is 0.232 e. The number of benzene rings is 1. The number of imidazole rings is 1. The van der Waals surface area contributed by atoms with Gasteiger partial charge in [0.25, 0.3) is 0 Å². The molecule has 0 unspecified atom stereocenters. The summed E-state index contributed by atoms with van der Waals surface area (Å²) in [6, 6.07) is 4.70. The van der Waals surface area contributed by atoms with Crippen molar-refractivity contribution in [3.05, 3.63) is 47.9 Å². The van der Waals surface area contributed by atoms with Crippen molar-refractivity contribution in [3.63, 3.8) is 0 Å². The van der Waals surface area contributed by atoms with E-state index in [1.54, 1.807) is 37.8 Å². The third kappa shape index (κ3) is 3.78. The van der Waals surface area contributed by atoms with Crippen molar-refractivity contribution in [1.82, 2.24) is 24.7 Å². The van der Waals surface area contributed by atoms with Gasteiger partial charge in [0.2, 0.25) is 10.0 Å². The largest absolute Gasteiger partial charge is 0.343 e. The summed E-state index contributed by atoms with van der Waals surface area (Å²) in [7, 11) is -1.78. The van der Waals surface area contributed by atoms with Crippen molar-refractivity contribution < 1.29 is 12.8 Å². The minimum Gasteiger partial charge on any atom is -0.343 e. The Morgan fingerprint density at radius 1 is 1.16 bits per heavy atom. The number of nitrogens with one attached hydrogen (secondary N) is 2. The molecule has 4 aromatic rings. The molecule has 0 atom stereocenters. The zero-order chi connectivity index (χ0) is 22.3. The quantitative estimate of drug-likeness (QED) is 0.471. The molecule has 8 nitrogen and oxygen atoms in total. The Morgan fingerprint density at radius 2 is 1.90 bits per heavy atom. The van der Waals surface area contributed by atoms with Gasteiger partial charge in [-0.3, -0.25) is 9.40 Å². The van der Waals surface area contributed by atoms with Crippen molar-refractivity contribution >= 4 is 26.9 Å². The number of halogens is 1. The standard InChI is InChI=1S/C21H23FN6O2S/c1-5-8-31(29,30)27-14-9-16(15-6-7-23-21-20(15)24-11-25-21)19(22)17(10-14)18-12(2)26-28(4)13(18)3/h6-7,9-11,27H,5,8H2,1-4H3,(H,23,24,25). The molecule has 31 heavy (non-hydrogen) atoms. The predicted octanol–water partition coefficient (Wildman–Crippen LogP) is 3.93. The molecule has 4 rings (SSSR count). The molecular formula is C21H23FN6O2S. The van der Waals surface area contributed by atoms with Crippen molar-refractivity contribution in [2.24, 2.45) is 7.05 Å². The van der Waals surface area contributed by atoms with Gasteiger partial charge in [-0.15, -0.1) is 0 Å². The lowest BCUT2D eigenvalue weighted by Gasteiger charge is -2.15. The van der Waals surface area contributed by atoms with Crippen LogP contribution >= 0.6 is 0 Å². The lowest BCUT2D eigenvalue weighted by atomic mass is 9.96. The number of H-pyrrole nitrogens is 1. The highest BCUT2D eigenvalue weighted by Gasteiger charge is 2.22. The Labute approximate surface area is 179 Å². The Morgan fingerprint density at radius 3 is 2.58 bits per heavy atom. The normalized spacial score (nSPS) is 11.9. The van der Waals surface area contributed by atoms with Crippen LogP contribution in [0.5, 0.6) is 0 Å². The fourth-order valence-electron chi connectivity index (χ4n) is 3.80. The summed E-state index contributed by atoms with van der Waals surface area (Å²) < 4.78 is 45.1. The van der Waals surface area contributed by atoms with Crippen LogP contribution < -0.4 is 4.72 Å². The number of aryl methyl sites for hydroxylation is 2. The zero-order valence-electron chi connectivity index (χ0n) is 17.7. The molecule has 3 aromatic heterocycles. The molecule has 1 aromatic carbocycles. The topological polar surface area (TPSA) is 106 Å². The highest BCUT2D eigenvalue weighted by molar-refractivity contribution is 7.92. The van der Waals surface area contributed by atoms with E-state index in [1.165, 1.54) is 18.5 Å². The molecule has 0 amide bonds. The fraction of sp³-hybridized carbons (Fsp3) is 0.286. The van der Waals surface area contributed by atoms with Gasteiger partial charge in [-0.2, -0.15) is 5.10 Å². The Kier molecular flexibility index (Phi) is 5.26. The van der Waals surface area contributed by atoms with Gasteiger partial charge < -0.3 is 4.98 Å². The maximum absolute atomic E-state index is 15.9. The number of anilines is 1. The van der Waals surface area contributed by atoms with E-state index in [2.05, 4.69) is 24.8 Å². The SMILES string of the molecule is CCCS(=O)(=O)Nc1cc(-c2c(C)nn(C)c2C)c(F)c(-c2ccnc3nc[nH]c23)c1. The minimum absolute atomic E-state index is 0.0277. The molecule has 0 spiro atoms. The molecule has 0 saturated carbocycles. The molecular weight excluding hydrogens is 419 g/mol. The Bertz CT molecular complexity index is 1390. The van der Waals surface area contributed by atoms with Crippen molar-refractivity contribution in [2.45, 2.75) is 27.2 Å². The average molecular weight is 443 g/mol. The molecule has 0 aliphatic heterocycles. The molecule has 0 aliphatic carbocycles. The predicted molar refractivity (Wildman–Crippen MR) is 119 cm³/mol. The second kappa shape index (κ2) is 7.77. The van der Waals surface area contributed by atoms with Gasteiger partial charge in [0.15, 0.2) is 5.65 Å². The minimum atomic E-state index is -3.57. The van der Waals surface area contributed by atoms with Crippen LogP contribution in [0.15, 0.2) is 30.7 Å². The number of hydrogen-bond acceptors (Lipinski definition) is 5. The van der Waals surface area contributed by atoms with Crippen LogP contribution in [0.4, 0.5) is 10.1 Å². The summed E-state index contributed by atoms with van der Waals surface area (Å²) >= 11 is 0. The van der Waals surface area contributed by atoms with E-state index < -0.39 is 15.8 Å². The van der Waals surface area contributed by atoms with E-state index in [4.69, 9.17) is 0 Å². The fourth-order valence-corrected chi connectivity index (χ4v) is 4.91. The Balaban J connectivity index is 2.01. The zero-order valence-corrected chi connectivity index (χ0v) is 18.5. The van der Waals surface area contributed by atoms with Crippen molar-refractivity contribution in [1.29, 1.82) is 0 Å². The first-order chi connectivity index (χ1) is 14.7. The number of rotatable bonds is 6. The number of hydrogen-bond donors (Lipinski definition) is 2. The highest BCUT2D eigenvalue weighted by Crippen LogP contribution is 2.38. The van der Waals surface area contributed by atoms with Crippen LogP contribution in [0.1, 0.15) is 24.7 Å². The molecule has 3 heterocycles. The Hall–Kier alpha value is -3.27. The average Bonchev–Trinajstić information content (AvgIpc) is 3.27. The summed E-state index contributed by atoms with van der Waals surface area (Å²) in [5, 5.41) is 4.39. The maximum Gasteiger partial charge on any atom is 0.232 e. The highest BCUT2D eigenvalue weighted by atomic mass is 32.2. The van der Waals surface area contributed by atoms with E-state index in [9.17, 15) is 8.42 Å². The third-order valence-electron chi connectivity index (χ3n) is 5.21. The number of aromatic nitrogens is 5. The van der Waals surface area contributed by atoms with Crippen LogP contribution in [0.3, 0.4) is 0 Å². The molecule has 0 aliphatic rings. The molecule has 0 bridgehead atoms. The monoisotopic (exact) mass is 442 g/mol. The second-order valence-electron chi connectivity index (χ2n) is 7.44. The summed E-state index contributed by atoms with van der Waals surface area (Å²) in [6.07, 6.45) is 3.51. The summed E-state index contributed by atoms with van der Waals surface area (Å²) in [5.41, 5.74) is 4.42. The van der Waals surface area contributed by atoms with Gasteiger partial charge in [-0.25, -0.2) is 22.8 Å². The lowest BCUT2D eigenvalue weighted by Crippen LogP contribution is -2.16. The van der Waals surface area contributed by atoms with Crippen molar-refractivity contribution in [2.75, 3.05) is 10.5 Å². The van der Waals surface area contributed by atoms with E-state index in [0.29, 0.717) is 34.4 Å². The third-order valence-corrected chi connectivity index (χ3v) is 6.71. The number of fused-ring (bicyclic) bond motifs is 1. The van der Waals surface area contributed by atoms with Crippen molar-refractivity contribution in [3.8, 4) is 22.3 Å². The second-order valence-corrected chi connectivity index (χ2v) is 9.28. The van der Waals surface area contributed by atoms with Gasteiger partial charge >= 0.3 is 0 Å². The molecule has 0 radical (unpaired) electrons. The first-order valence-electron chi connectivity index (χ1n) is 9.85. The van der Waals surface area contributed by atoms with E-state index >= 15 is 4.39 Å². The number of nitrogens with zero attached hydrogens (tertiary/aromatic N) is 4. The number of sulfonamides is 1. The van der Waals surface area contributed by atoms with E-state index in [1.807, 2.05) is 6.92 Å². The van der Waals surface area contributed by atoms with Crippen LogP contribution in [-0.4, -0.2) is 38.9 Å². The van der Waals surface area contributed by atoms with E-state index in [0.717, 1.165) is 5.69 Å². The summed E-state index contributed by atoms with van der Waals surface area (Å²) in [5.74, 6) is -0.500.